The standard InChI is InChI=1S/C45H28N2/c1-45-21-9-8-16-43(45)38-15-7-6-14-36(38)42-23-29(18-20-44(42)45)40-25-30(26-46)39(24-31(40)27-47)28-17-19-37-34-12-3-2-10-32(34)33-11-4-5-13-35(33)41(37)22-28/h2-25,43H,1H3. The van der Waals surface area contributed by atoms with Gasteiger partial charge in [-0.25, -0.2) is 0 Å². The van der Waals surface area contributed by atoms with Crippen LogP contribution in [0.1, 0.15) is 35.1 Å². The quantitative estimate of drug-likeness (QED) is 0.186. The van der Waals surface area contributed by atoms with E-state index in [0.29, 0.717) is 11.1 Å². The molecule has 2 aliphatic carbocycles. The third kappa shape index (κ3) is 3.89. The van der Waals surface area contributed by atoms with Gasteiger partial charge >= 0.3 is 0 Å². The van der Waals surface area contributed by atoms with Gasteiger partial charge in [0.05, 0.1) is 23.3 Å². The fourth-order valence-electron chi connectivity index (χ4n) is 8.17. The van der Waals surface area contributed by atoms with Gasteiger partial charge in [-0.05, 0) is 90.0 Å². The van der Waals surface area contributed by atoms with E-state index in [0.717, 1.165) is 27.6 Å². The van der Waals surface area contributed by atoms with E-state index in [9.17, 15) is 10.5 Å². The largest absolute Gasteiger partial charge is 0.192 e. The Morgan fingerprint density at radius 3 is 1.72 bits per heavy atom. The Morgan fingerprint density at radius 1 is 0.511 bits per heavy atom. The second kappa shape index (κ2) is 10.1. The molecule has 0 radical (unpaired) electrons. The van der Waals surface area contributed by atoms with E-state index >= 15 is 0 Å². The van der Waals surface area contributed by atoms with Crippen molar-refractivity contribution in [2.45, 2.75) is 18.3 Å². The minimum atomic E-state index is -0.164. The summed E-state index contributed by atoms with van der Waals surface area (Å²) in [6.07, 6.45) is 8.91. The lowest BCUT2D eigenvalue weighted by atomic mass is 9.60. The predicted octanol–water partition coefficient (Wildman–Crippen LogP) is 11.4. The molecule has 0 amide bonds. The number of hydrogen-bond donors (Lipinski definition) is 0. The molecule has 2 unspecified atom stereocenters. The van der Waals surface area contributed by atoms with Crippen LogP contribution in [0.2, 0.25) is 0 Å². The van der Waals surface area contributed by atoms with E-state index in [-0.39, 0.29) is 11.3 Å². The molecule has 7 aromatic carbocycles. The van der Waals surface area contributed by atoms with Crippen molar-refractivity contribution in [2.24, 2.45) is 0 Å². The summed E-state index contributed by atoms with van der Waals surface area (Å²) >= 11 is 0. The van der Waals surface area contributed by atoms with Crippen molar-refractivity contribution in [3.63, 3.8) is 0 Å². The van der Waals surface area contributed by atoms with Gasteiger partial charge in [-0.15, -0.1) is 0 Å². The molecule has 0 heterocycles. The third-order valence-electron chi connectivity index (χ3n) is 10.5. The van der Waals surface area contributed by atoms with Crippen molar-refractivity contribution in [1.82, 2.24) is 0 Å². The van der Waals surface area contributed by atoms with Gasteiger partial charge < -0.3 is 0 Å². The first-order valence-electron chi connectivity index (χ1n) is 16.0. The van der Waals surface area contributed by atoms with Crippen molar-refractivity contribution in [3.8, 4) is 45.5 Å². The lowest BCUT2D eigenvalue weighted by Gasteiger charge is -2.42. The molecule has 2 heteroatoms. The zero-order chi connectivity index (χ0) is 31.7. The molecule has 0 saturated heterocycles. The number of allylic oxidation sites excluding steroid dienone is 4. The molecule has 0 bridgehead atoms. The fourth-order valence-corrected chi connectivity index (χ4v) is 8.17. The predicted molar refractivity (Wildman–Crippen MR) is 193 cm³/mol. The molecule has 7 aromatic rings. The van der Waals surface area contributed by atoms with E-state index in [1.807, 2.05) is 12.1 Å². The summed E-state index contributed by atoms with van der Waals surface area (Å²) in [7, 11) is 0. The van der Waals surface area contributed by atoms with Crippen molar-refractivity contribution in [1.29, 1.82) is 10.5 Å². The summed E-state index contributed by atoms with van der Waals surface area (Å²) in [6.45, 7) is 2.31. The maximum Gasteiger partial charge on any atom is 0.0998 e. The van der Waals surface area contributed by atoms with Crippen LogP contribution in [0.5, 0.6) is 0 Å². The van der Waals surface area contributed by atoms with Gasteiger partial charge in [-0.3, -0.25) is 0 Å². The van der Waals surface area contributed by atoms with Gasteiger partial charge in [0.2, 0.25) is 0 Å². The van der Waals surface area contributed by atoms with Gasteiger partial charge in [0.1, 0.15) is 0 Å². The number of hydrogen-bond acceptors (Lipinski definition) is 2. The molecule has 0 spiro atoms. The van der Waals surface area contributed by atoms with E-state index < -0.39 is 0 Å². The Morgan fingerprint density at radius 2 is 1.06 bits per heavy atom. The number of benzene rings is 7. The van der Waals surface area contributed by atoms with E-state index in [2.05, 4.69) is 153 Å². The lowest BCUT2D eigenvalue weighted by molar-refractivity contribution is 0.519. The molecule has 47 heavy (non-hydrogen) atoms. The first-order valence-corrected chi connectivity index (χ1v) is 16.0. The second-order valence-corrected chi connectivity index (χ2v) is 12.9. The Labute approximate surface area is 273 Å². The van der Waals surface area contributed by atoms with E-state index in [4.69, 9.17) is 0 Å². The zero-order valence-corrected chi connectivity index (χ0v) is 25.8. The monoisotopic (exact) mass is 596 g/mol. The first-order chi connectivity index (χ1) is 23.1. The molecule has 0 fully saturated rings. The molecular weight excluding hydrogens is 569 g/mol. The molecule has 9 rings (SSSR count). The number of nitriles is 2. The first kappa shape index (κ1) is 27.1. The molecule has 0 aliphatic heterocycles. The normalized spacial score (nSPS) is 17.6. The number of fused-ring (bicyclic) bond motifs is 12. The Bertz CT molecular complexity index is 2590. The summed E-state index contributed by atoms with van der Waals surface area (Å²) in [4.78, 5) is 0. The van der Waals surface area contributed by atoms with Crippen LogP contribution in [0.15, 0.2) is 146 Å². The highest BCUT2D eigenvalue weighted by Crippen LogP contribution is 2.54. The fraction of sp³-hybridized carbons (Fsp3) is 0.0667. The van der Waals surface area contributed by atoms with Crippen molar-refractivity contribution < 1.29 is 0 Å². The topological polar surface area (TPSA) is 47.6 Å². The van der Waals surface area contributed by atoms with Crippen LogP contribution in [-0.2, 0) is 5.41 Å². The highest BCUT2D eigenvalue weighted by atomic mass is 14.4. The highest BCUT2D eigenvalue weighted by Gasteiger charge is 2.41. The summed E-state index contributed by atoms with van der Waals surface area (Å²) < 4.78 is 0. The Kier molecular flexibility index (Phi) is 5.86. The molecule has 2 nitrogen and oxygen atoms in total. The van der Waals surface area contributed by atoms with Crippen LogP contribution in [-0.4, -0.2) is 0 Å². The Hall–Kier alpha value is -6.22. The smallest absolute Gasteiger partial charge is 0.0998 e. The van der Waals surface area contributed by atoms with Crippen molar-refractivity contribution in [3.05, 3.63) is 168 Å². The molecular formula is C45H28N2. The molecule has 218 valence electrons. The summed E-state index contributed by atoms with van der Waals surface area (Å²) in [6, 6.07) is 47.4. The molecule has 2 aliphatic rings. The van der Waals surface area contributed by atoms with Gasteiger partial charge in [-0.2, -0.15) is 10.5 Å². The highest BCUT2D eigenvalue weighted by molar-refractivity contribution is 6.25. The zero-order valence-electron chi connectivity index (χ0n) is 25.8. The second-order valence-electron chi connectivity index (χ2n) is 12.9. The SMILES string of the molecule is CC12C=CC=CC1c1ccccc1-c1cc(-c3cc(C#N)c(-c4ccc5c6ccccc6c6ccccc6c5c4)cc3C#N)ccc12. The maximum absolute atomic E-state index is 10.5. The third-order valence-corrected chi connectivity index (χ3v) is 10.5. The minimum absolute atomic E-state index is 0.164. The van der Waals surface area contributed by atoms with Gasteiger partial charge in [0, 0.05) is 22.5 Å². The van der Waals surface area contributed by atoms with Crippen LogP contribution < -0.4 is 0 Å². The molecule has 0 aromatic heterocycles. The van der Waals surface area contributed by atoms with Crippen LogP contribution in [0.25, 0.3) is 65.7 Å². The van der Waals surface area contributed by atoms with Gasteiger partial charge in [0.25, 0.3) is 0 Å². The average Bonchev–Trinajstić information content (AvgIpc) is 3.14. The molecule has 0 N–H and O–H groups in total. The number of rotatable bonds is 2. The maximum atomic E-state index is 10.5. The van der Waals surface area contributed by atoms with Gasteiger partial charge in [0.15, 0.2) is 0 Å². The lowest BCUT2D eigenvalue weighted by Crippen LogP contribution is -2.32. The molecule has 2 atom stereocenters. The van der Waals surface area contributed by atoms with Gasteiger partial charge in [-0.1, -0.05) is 128 Å². The van der Waals surface area contributed by atoms with Crippen LogP contribution in [0, 0.1) is 22.7 Å². The van der Waals surface area contributed by atoms with Crippen LogP contribution in [0.4, 0.5) is 0 Å². The number of nitrogens with zero attached hydrogens (tertiary/aromatic N) is 2. The van der Waals surface area contributed by atoms with Crippen LogP contribution >= 0.6 is 0 Å². The van der Waals surface area contributed by atoms with Crippen LogP contribution in [0.3, 0.4) is 0 Å². The summed E-state index contributed by atoms with van der Waals surface area (Å²) in [5, 5.41) is 28.1. The summed E-state index contributed by atoms with van der Waals surface area (Å²) in [5.41, 5.74) is 9.33. The van der Waals surface area contributed by atoms with E-state index in [1.165, 1.54) is 49.2 Å². The Balaban J connectivity index is 1.23. The minimum Gasteiger partial charge on any atom is -0.192 e. The average molecular weight is 597 g/mol. The summed E-state index contributed by atoms with van der Waals surface area (Å²) in [5.74, 6) is 0.262. The van der Waals surface area contributed by atoms with Crippen molar-refractivity contribution in [2.75, 3.05) is 0 Å². The van der Waals surface area contributed by atoms with E-state index in [1.54, 1.807) is 0 Å². The molecule has 0 saturated carbocycles. The van der Waals surface area contributed by atoms with Crippen molar-refractivity contribution >= 4 is 32.3 Å².